The minimum Gasteiger partial charge on any atom is -0.493 e. The summed E-state index contributed by atoms with van der Waals surface area (Å²) in [6.45, 7) is 2.54. The number of amides is 2. The van der Waals surface area contributed by atoms with Crippen LogP contribution >= 0.6 is 12.2 Å². The quantitative estimate of drug-likeness (QED) is 0.244. The Kier molecular flexibility index (Phi) is 9.02. The number of unbranched alkanes of at least 4 members (excludes halogenated alkanes) is 1. The molecule has 188 valence electrons. The van der Waals surface area contributed by atoms with Crippen LogP contribution in [0.5, 0.6) is 5.75 Å². The highest BCUT2D eigenvalue weighted by Crippen LogP contribution is 2.30. The summed E-state index contributed by atoms with van der Waals surface area (Å²) in [6, 6.07) is 17.3. The molecule has 0 fully saturated rings. The van der Waals surface area contributed by atoms with Crippen molar-refractivity contribution in [3.05, 3.63) is 89.5 Å². The number of anilines is 2. The molecule has 0 radical (unpaired) electrons. The Morgan fingerprint density at radius 3 is 2.31 bits per heavy atom. The fourth-order valence-corrected chi connectivity index (χ4v) is 3.33. The molecule has 2 amide bonds. The monoisotopic (exact) mass is 515 g/mol. The molecule has 6 nitrogen and oxygen atoms in total. The van der Waals surface area contributed by atoms with Crippen LogP contribution in [-0.4, -0.2) is 23.5 Å². The summed E-state index contributed by atoms with van der Waals surface area (Å²) < 4.78 is 44.3. The predicted octanol–water partition coefficient (Wildman–Crippen LogP) is 6.26. The Morgan fingerprint density at radius 2 is 1.61 bits per heavy atom. The van der Waals surface area contributed by atoms with Gasteiger partial charge in [-0.1, -0.05) is 31.5 Å². The molecule has 0 saturated carbocycles. The van der Waals surface area contributed by atoms with Crippen molar-refractivity contribution in [1.29, 1.82) is 0 Å². The van der Waals surface area contributed by atoms with Crippen LogP contribution in [0.25, 0.3) is 0 Å². The highest BCUT2D eigenvalue weighted by atomic mass is 32.1. The molecule has 3 rings (SSSR count). The van der Waals surface area contributed by atoms with Crippen molar-refractivity contribution in [2.24, 2.45) is 0 Å². The maximum absolute atomic E-state index is 12.9. The van der Waals surface area contributed by atoms with Gasteiger partial charge in [-0.05, 0) is 73.2 Å². The fourth-order valence-electron chi connectivity index (χ4n) is 3.12. The van der Waals surface area contributed by atoms with E-state index < -0.39 is 23.6 Å². The van der Waals surface area contributed by atoms with E-state index in [4.69, 9.17) is 17.0 Å². The molecule has 3 aromatic rings. The van der Waals surface area contributed by atoms with Gasteiger partial charge in [0.15, 0.2) is 5.11 Å². The third kappa shape index (κ3) is 7.54. The second-order valence-electron chi connectivity index (χ2n) is 7.72. The van der Waals surface area contributed by atoms with Gasteiger partial charge in [-0.2, -0.15) is 13.2 Å². The minimum atomic E-state index is -4.51. The van der Waals surface area contributed by atoms with Gasteiger partial charge >= 0.3 is 6.18 Å². The average Bonchev–Trinajstić information content (AvgIpc) is 2.84. The largest absolute Gasteiger partial charge is 0.493 e. The first-order valence-corrected chi connectivity index (χ1v) is 11.5. The Bertz CT molecular complexity index is 1230. The maximum atomic E-state index is 12.9. The van der Waals surface area contributed by atoms with E-state index >= 15 is 0 Å². The summed E-state index contributed by atoms with van der Waals surface area (Å²) in [5.41, 5.74) is 0.249. The number of ether oxygens (including phenoxy) is 1. The lowest BCUT2D eigenvalue weighted by atomic mass is 10.1. The van der Waals surface area contributed by atoms with Crippen LogP contribution in [0, 0.1) is 0 Å². The summed E-state index contributed by atoms with van der Waals surface area (Å²) >= 11 is 5.22. The van der Waals surface area contributed by atoms with Crippen LogP contribution in [-0.2, 0) is 6.18 Å². The molecule has 10 heteroatoms. The van der Waals surface area contributed by atoms with Gasteiger partial charge in [0.05, 0.1) is 17.7 Å². The number of carbonyl (C=O) groups is 2. The van der Waals surface area contributed by atoms with Crippen LogP contribution in [0.4, 0.5) is 24.5 Å². The fraction of sp³-hybridized carbons (Fsp3) is 0.192. The van der Waals surface area contributed by atoms with Gasteiger partial charge in [0, 0.05) is 16.9 Å². The molecule has 0 heterocycles. The van der Waals surface area contributed by atoms with Crippen molar-refractivity contribution < 1.29 is 27.5 Å². The highest BCUT2D eigenvalue weighted by molar-refractivity contribution is 7.80. The molecule has 3 aromatic carbocycles. The average molecular weight is 516 g/mol. The number of para-hydroxylation sites is 1. The lowest BCUT2D eigenvalue weighted by Crippen LogP contribution is -2.34. The van der Waals surface area contributed by atoms with Crippen LogP contribution < -0.4 is 20.7 Å². The first kappa shape index (κ1) is 26.7. The topological polar surface area (TPSA) is 79.5 Å². The number of carbonyl (C=O) groups excluding carboxylic acids is 2. The Hall–Kier alpha value is -3.92. The van der Waals surface area contributed by atoms with E-state index in [0.29, 0.717) is 23.6 Å². The van der Waals surface area contributed by atoms with E-state index in [2.05, 4.69) is 16.0 Å². The number of halogens is 3. The molecule has 3 N–H and O–H groups in total. The maximum Gasteiger partial charge on any atom is 0.416 e. The smallest absolute Gasteiger partial charge is 0.416 e. The zero-order valence-corrected chi connectivity index (χ0v) is 20.1. The van der Waals surface area contributed by atoms with Crippen LogP contribution in [0.3, 0.4) is 0 Å². The van der Waals surface area contributed by atoms with Crippen LogP contribution in [0.15, 0.2) is 72.8 Å². The summed E-state index contributed by atoms with van der Waals surface area (Å²) in [6.07, 6.45) is -2.68. The number of hydrogen-bond donors (Lipinski definition) is 3. The van der Waals surface area contributed by atoms with Gasteiger partial charge in [0.1, 0.15) is 5.75 Å². The molecule has 0 saturated heterocycles. The molecule has 0 aliphatic carbocycles. The summed E-state index contributed by atoms with van der Waals surface area (Å²) in [7, 11) is 0. The molecule has 0 aromatic heterocycles. The molecule has 0 aliphatic rings. The second-order valence-corrected chi connectivity index (χ2v) is 8.12. The number of nitrogens with one attached hydrogen (secondary N) is 3. The Balaban J connectivity index is 1.58. The molecule has 0 aliphatic heterocycles. The number of hydrogen-bond acceptors (Lipinski definition) is 4. The van der Waals surface area contributed by atoms with E-state index in [1.165, 1.54) is 24.3 Å². The molecular formula is C26H24F3N3O3S. The molecule has 0 unspecified atom stereocenters. The summed E-state index contributed by atoms with van der Waals surface area (Å²) in [5.74, 6) is -0.546. The lowest BCUT2D eigenvalue weighted by Gasteiger charge is -2.13. The summed E-state index contributed by atoms with van der Waals surface area (Å²) in [4.78, 5) is 25.1. The standard InChI is InChI=1S/C26H24F3N3O3S/c1-2-3-15-35-22-10-5-4-9-21(22)24(34)32-25(36)31-19-13-11-17(12-14-19)23(33)30-20-8-6-7-18(16-20)26(27,28)29/h4-14,16H,2-3,15H2,1H3,(H,30,33)(H2,31,32,34,36). The van der Waals surface area contributed by atoms with Gasteiger partial charge in [-0.25, -0.2) is 0 Å². The SMILES string of the molecule is CCCCOc1ccccc1C(=O)NC(=S)Nc1ccc(C(=O)Nc2cccc(C(F)(F)F)c2)cc1. The summed E-state index contributed by atoms with van der Waals surface area (Å²) in [5, 5.41) is 7.94. The van der Waals surface area contributed by atoms with E-state index in [9.17, 15) is 22.8 Å². The zero-order chi connectivity index (χ0) is 26.1. The van der Waals surface area contributed by atoms with E-state index in [-0.39, 0.29) is 16.4 Å². The Labute approximate surface area is 211 Å². The van der Waals surface area contributed by atoms with Crippen molar-refractivity contribution >= 4 is 40.5 Å². The number of rotatable bonds is 8. The van der Waals surface area contributed by atoms with Crippen LogP contribution in [0.2, 0.25) is 0 Å². The molecule has 0 spiro atoms. The third-order valence-corrected chi connectivity index (χ3v) is 5.17. The van der Waals surface area contributed by atoms with E-state index in [1.54, 1.807) is 36.4 Å². The minimum absolute atomic E-state index is 0.0277. The zero-order valence-electron chi connectivity index (χ0n) is 19.3. The van der Waals surface area contributed by atoms with E-state index in [1.807, 2.05) is 6.92 Å². The molecule has 0 atom stereocenters. The predicted molar refractivity (Wildman–Crippen MR) is 136 cm³/mol. The van der Waals surface area contributed by atoms with Crippen molar-refractivity contribution in [2.45, 2.75) is 25.9 Å². The van der Waals surface area contributed by atoms with Gasteiger partial charge < -0.3 is 15.4 Å². The molecule has 0 bridgehead atoms. The highest BCUT2D eigenvalue weighted by Gasteiger charge is 2.30. The van der Waals surface area contributed by atoms with Gasteiger partial charge in [-0.15, -0.1) is 0 Å². The second kappa shape index (κ2) is 12.2. The van der Waals surface area contributed by atoms with Crippen molar-refractivity contribution in [1.82, 2.24) is 5.32 Å². The third-order valence-electron chi connectivity index (χ3n) is 4.97. The van der Waals surface area contributed by atoms with Gasteiger partial charge in [0.25, 0.3) is 11.8 Å². The number of thiocarbonyl (C=S) groups is 1. The molecular weight excluding hydrogens is 491 g/mol. The normalized spacial score (nSPS) is 10.9. The van der Waals surface area contributed by atoms with E-state index in [0.717, 1.165) is 25.0 Å². The Morgan fingerprint density at radius 1 is 0.889 bits per heavy atom. The van der Waals surface area contributed by atoms with Gasteiger partial charge in [-0.3, -0.25) is 14.9 Å². The molecule has 36 heavy (non-hydrogen) atoms. The van der Waals surface area contributed by atoms with Crippen molar-refractivity contribution in [2.75, 3.05) is 17.2 Å². The number of benzene rings is 3. The van der Waals surface area contributed by atoms with Crippen molar-refractivity contribution in [3.8, 4) is 5.75 Å². The van der Waals surface area contributed by atoms with Crippen LogP contribution in [0.1, 0.15) is 46.0 Å². The number of alkyl halides is 3. The van der Waals surface area contributed by atoms with Crippen molar-refractivity contribution in [3.63, 3.8) is 0 Å². The van der Waals surface area contributed by atoms with Gasteiger partial charge in [0.2, 0.25) is 0 Å². The first-order chi connectivity index (χ1) is 17.2. The first-order valence-electron chi connectivity index (χ1n) is 11.1. The lowest BCUT2D eigenvalue weighted by molar-refractivity contribution is -0.137.